The van der Waals surface area contributed by atoms with Gasteiger partial charge in [0.2, 0.25) is 0 Å². The minimum absolute atomic E-state index is 0.187. The second-order valence-corrected chi connectivity index (χ2v) is 7.34. The van der Waals surface area contributed by atoms with Crippen molar-refractivity contribution in [2.45, 2.75) is 33.3 Å². The molecule has 0 aliphatic carbocycles. The lowest BCUT2D eigenvalue weighted by molar-refractivity contribution is -0.148. The van der Waals surface area contributed by atoms with Crippen molar-refractivity contribution in [1.29, 1.82) is 0 Å². The fourth-order valence-electron chi connectivity index (χ4n) is 2.32. The van der Waals surface area contributed by atoms with Gasteiger partial charge in [-0.25, -0.2) is 4.98 Å². The summed E-state index contributed by atoms with van der Waals surface area (Å²) < 4.78 is 5.39. The minimum Gasteiger partial charge on any atom is -0.454 e. The number of thiophene rings is 2. The van der Waals surface area contributed by atoms with Crippen LogP contribution in [0, 0.1) is 13.8 Å². The third-order valence-electron chi connectivity index (χ3n) is 3.68. The number of fused-ring (bicyclic) bond motifs is 1. The Bertz CT molecular complexity index is 909. The van der Waals surface area contributed by atoms with E-state index in [1.165, 1.54) is 22.7 Å². The molecule has 3 rings (SSSR count). The molecule has 5 nitrogen and oxygen atoms in total. The number of aromatic nitrogens is 2. The molecule has 1 N–H and O–H groups in total. The number of hydrogen-bond acceptors (Lipinski definition) is 6. The number of carbonyl (C=O) groups is 1. The number of H-pyrrole nitrogens is 1. The smallest absolute Gasteiger partial charge is 0.310 e. The minimum atomic E-state index is -0.596. The van der Waals surface area contributed by atoms with Gasteiger partial charge in [0.15, 0.2) is 11.9 Å². The molecule has 0 spiro atoms. The zero-order valence-corrected chi connectivity index (χ0v) is 14.6. The first-order valence-corrected chi connectivity index (χ1v) is 8.92. The Hall–Kier alpha value is -1.99. The molecule has 3 heterocycles. The molecule has 0 aliphatic rings. The van der Waals surface area contributed by atoms with Crippen LogP contribution < -0.4 is 5.56 Å². The maximum absolute atomic E-state index is 12.3. The predicted molar refractivity (Wildman–Crippen MR) is 92.2 cm³/mol. The molecule has 0 bridgehead atoms. The van der Waals surface area contributed by atoms with Crippen molar-refractivity contribution in [3.05, 3.63) is 49.0 Å². The van der Waals surface area contributed by atoms with E-state index in [4.69, 9.17) is 4.74 Å². The summed E-state index contributed by atoms with van der Waals surface area (Å²) in [7, 11) is 0. The van der Waals surface area contributed by atoms with Gasteiger partial charge < -0.3 is 9.72 Å². The maximum atomic E-state index is 12.3. The second kappa shape index (κ2) is 6.25. The summed E-state index contributed by atoms with van der Waals surface area (Å²) in [5.41, 5.74) is 1.69. The van der Waals surface area contributed by atoms with Crippen LogP contribution in [0.2, 0.25) is 0 Å². The Balaban J connectivity index is 1.82. The van der Waals surface area contributed by atoms with E-state index in [2.05, 4.69) is 9.97 Å². The molecular formula is C16H16N2O3S2. The van der Waals surface area contributed by atoms with Gasteiger partial charge in [0.05, 0.1) is 11.8 Å². The monoisotopic (exact) mass is 348 g/mol. The van der Waals surface area contributed by atoms with E-state index in [1.807, 2.05) is 30.7 Å². The number of aryl methyl sites for hydroxylation is 2. The molecule has 0 aliphatic heterocycles. The molecule has 0 aromatic carbocycles. The highest BCUT2D eigenvalue weighted by Crippen LogP contribution is 2.27. The van der Waals surface area contributed by atoms with Crippen molar-refractivity contribution < 1.29 is 9.53 Å². The van der Waals surface area contributed by atoms with Gasteiger partial charge in [-0.05, 0) is 48.7 Å². The average molecular weight is 348 g/mol. The highest BCUT2D eigenvalue weighted by atomic mass is 32.1. The van der Waals surface area contributed by atoms with Crippen LogP contribution in [-0.4, -0.2) is 15.9 Å². The molecule has 3 aromatic rings. The highest BCUT2D eigenvalue weighted by molar-refractivity contribution is 7.18. The van der Waals surface area contributed by atoms with Crippen molar-refractivity contribution in [3.63, 3.8) is 0 Å². The van der Waals surface area contributed by atoms with Crippen LogP contribution >= 0.6 is 22.7 Å². The number of nitrogens with one attached hydrogen (secondary N) is 1. The maximum Gasteiger partial charge on any atom is 0.310 e. The van der Waals surface area contributed by atoms with Gasteiger partial charge >= 0.3 is 5.97 Å². The van der Waals surface area contributed by atoms with Gasteiger partial charge in [0.1, 0.15) is 4.83 Å². The standard InChI is InChI=1S/C16H16N2O3S2/c1-8-10(3)23-16-13(8)15(20)17-14(18-16)9(2)21-12(19)6-11-4-5-22-7-11/h4-5,7,9H,6H2,1-3H3,(H,17,18,20)/t9-/m1/s1. The first kappa shape index (κ1) is 15.9. The quantitative estimate of drug-likeness (QED) is 0.732. The highest BCUT2D eigenvalue weighted by Gasteiger charge is 2.18. The molecule has 23 heavy (non-hydrogen) atoms. The normalized spacial score (nSPS) is 12.5. The summed E-state index contributed by atoms with van der Waals surface area (Å²) >= 11 is 3.01. The lowest BCUT2D eigenvalue weighted by atomic mass is 10.2. The number of ether oxygens (including phenoxy) is 1. The van der Waals surface area contributed by atoms with E-state index in [0.29, 0.717) is 16.0 Å². The number of aromatic amines is 1. The molecule has 1 atom stereocenters. The SMILES string of the molecule is Cc1sc2nc([C@@H](C)OC(=O)Cc3ccsc3)[nH]c(=O)c2c1C. The third kappa shape index (κ3) is 3.20. The van der Waals surface area contributed by atoms with Gasteiger partial charge in [0.25, 0.3) is 5.56 Å². The Morgan fingerprint density at radius 2 is 2.22 bits per heavy atom. The van der Waals surface area contributed by atoms with Crippen LogP contribution in [0.5, 0.6) is 0 Å². The number of nitrogens with zero attached hydrogens (tertiary/aromatic N) is 1. The molecule has 0 saturated heterocycles. The molecule has 7 heteroatoms. The summed E-state index contributed by atoms with van der Waals surface area (Å²) in [5.74, 6) is 0.0413. The lowest BCUT2D eigenvalue weighted by Gasteiger charge is -2.12. The molecule has 0 unspecified atom stereocenters. The van der Waals surface area contributed by atoms with E-state index < -0.39 is 6.10 Å². The Labute approximate surface area is 141 Å². The van der Waals surface area contributed by atoms with Crippen LogP contribution in [0.25, 0.3) is 10.2 Å². The summed E-state index contributed by atoms with van der Waals surface area (Å²) in [6, 6.07) is 1.89. The Morgan fingerprint density at radius 1 is 1.43 bits per heavy atom. The van der Waals surface area contributed by atoms with Crippen molar-refractivity contribution in [1.82, 2.24) is 9.97 Å². The molecular weight excluding hydrogens is 332 g/mol. The first-order chi connectivity index (χ1) is 11.0. The Kier molecular flexibility index (Phi) is 4.32. The molecule has 120 valence electrons. The van der Waals surface area contributed by atoms with Crippen LogP contribution in [0.15, 0.2) is 21.6 Å². The van der Waals surface area contributed by atoms with Gasteiger partial charge in [-0.15, -0.1) is 11.3 Å². The van der Waals surface area contributed by atoms with Crippen LogP contribution in [0.1, 0.15) is 34.9 Å². The van der Waals surface area contributed by atoms with Crippen molar-refractivity contribution in [2.24, 2.45) is 0 Å². The fraction of sp³-hybridized carbons (Fsp3) is 0.312. The summed E-state index contributed by atoms with van der Waals surface area (Å²) in [5, 5.41) is 4.45. The summed E-state index contributed by atoms with van der Waals surface area (Å²) in [6.45, 7) is 5.59. The molecule has 0 fully saturated rings. The zero-order valence-electron chi connectivity index (χ0n) is 13.0. The fourth-order valence-corrected chi connectivity index (χ4v) is 4.02. The summed E-state index contributed by atoms with van der Waals surface area (Å²) in [4.78, 5) is 33.2. The third-order valence-corrected chi connectivity index (χ3v) is 5.51. The zero-order chi connectivity index (χ0) is 16.6. The summed E-state index contributed by atoms with van der Waals surface area (Å²) in [6.07, 6.45) is -0.377. The largest absolute Gasteiger partial charge is 0.454 e. The number of carbonyl (C=O) groups excluding carboxylic acids is 1. The predicted octanol–water partition coefficient (Wildman–Crippen LogP) is 3.51. The first-order valence-electron chi connectivity index (χ1n) is 7.16. The number of hydrogen-bond donors (Lipinski definition) is 1. The molecule has 0 saturated carbocycles. The van der Waals surface area contributed by atoms with E-state index in [9.17, 15) is 9.59 Å². The molecule has 0 radical (unpaired) electrons. The number of esters is 1. The van der Waals surface area contributed by atoms with Gasteiger partial charge in [-0.2, -0.15) is 11.3 Å². The van der Waals surface area contributed by atoms with E-state index in [0.717, 1.165) is 16.0 Å². The van der Waals surface area contributed by atoms with Crippen LogP contribution in [0.3, 0.4) is 0 Å². The van der Waals surface area contributed by atoms with Gasteiger partial charge in [-0.3, -0.25) is 9.59 Å². The van der Waals surface area contributed by atoms with Gasteiger partial charge in [0, 0.05) is 4.88 Å². The van der Waals surface area contributed by atoms with Crippen molar-refractivity contribution >= 4 is 38.9 Å². The van der Waals surface area contributed by atoms with Crippen molar-refractivity contribution in [3.8, 4) is 0 Å². The lowest BCUT2D eigenvalue weighted by Crippen LogP contribution is -2.18. The molecule has 3 aromatic heterocycles. The van der Waals surface area contributed by atoms with E-state index >= 15 is 0 Å². The van der Waals surface area contributed by atoms with Crippen LogP contribution in [0.4, 0.5) is 0 Å². The van der Waals surface area contributed by atoms with E-state index in [-0.39, 0.29) is 17.9 Å². The van der Waals surface area contributed by atoms with Gasteiger partial charge in [-0.1, -0.05) is 0 Å². The second-order valence-electron chi connectivity index (χ2n) is 5.36. The molecule has 0 amide bonds. The average Bonchev–Trinajstić information content (AvgIpc) is 3.07. The van der Waals surface area contributed by atoms with Crippen molar-refractivity contribution in [2.75, 3.05) is 0 Å². The Morgan fingerprint density at radius 3 is 2.91 bits per heavy atom. The van der Waals surface area contributed by atoms with Crippen LogP contribution in [-0.2, 0) is 16.0 Å². The number of rotatable bonds is 4. The topological polar surface area (TPSA) is 72.0 Å². The van der Waals surface area contributed by atoms with E-state index in [1.54, 1.807) is 6.92 Å².